The minimum atomic E-state index is -0.457. The van der Waals surface area contributed by atoms with Crippen LogP contribution in [0.2, 0.25) is 0 Å². The molecule has 138 valence electrons. The zero-order chi connectivity index (χ0) is 18.6. The Hall–Kier alpha value is -3.42. The number of nitrogens with zero attached hydrogens (tertiary/aromatic N) is 5. The molecule has 2 amide bonds. The smallest absolute Gasteiger partial charge is 0.247 e. The van der Waals surface area contributed by atoms with E-state index in [-0.39, 0.29) is 18.4 Å². The summed E-state index contributed by atoms with van der Waals surface area (Å²) in [4.78, 5) is 27.0. The van der Waals surface area contributed by atoms with Crippen LogP contribution in [0, 0.1) is 0 Å². The van der Waals surface area contributed by atoms with Gasteiger partial charge in [0.05, 0.1) is 5.69 Å². The normalized spacial score (nSPS) is 16.4. The molecule has 1 saturated heterocycles. The average Bonchev–Trinajstić information content (AvgIpc) is 3.43. The maximum atomic E-state index is 12.8. The Labute approximate surface area is 156 Å². The molecular formula is C19H20N6O2. The average molecular weight is 364 g/mol. The van der Waals surface area contributed by atoms with Crippen LogP contribution in [0.3, 0.4) is 0 Å². The van der Waals surface area contributed by atoms with Gasteiger partial charge in [-0.25, -0.2) is 4.68 Å². The molecule has 4 rings (SSSR count). The summed E-state index contributed by atoms with van der Waals surface area (Å²) >= 11 is 0. The van der Waals surface area contributed by atoms with E-state index in [0.29, 0.717) is 18.7 Å². The Bertz CT molecular complexity index is 920. The van der Waals surface area contributed by atoms with Gasteiger partial charge in [0.1, 0.15) is 12.6 Å². The number of nitrogens with one attached hydrogen (secondary N) is 1. The minimum Gasteiger partial charge on any atom is -0.329 e. The molecule has 0 saturated carbocycles. The molecule has 0 radical (unpaired) electrons. The van der Waals surface area contributed by atoms with Crippen molar-refractivity contribution in [1.82, 2.24) is 24.5 Å². The highest BCUT2D eigenvalue weighted by atomic mass is 16.2. The van der Waals surface area contributed by atoms with Crippen LogP contribution in [0.25, 0.3) is 5.69 Å². The van der Waals surface area contributed by atoms with E-state index in [2.05, 4.69) is 15.5 Å². The number of hydrogen-bond acceptors (Lipinski definition) is 4. The van der Waals surface area contributed by atoms with Crippen molar-refractivity contribution in [2.45, 2.75) is 25.4 Å². The summed E-state index contributed by atoms with van der Waals surface area (Å²) in [6.07, 6.45) is 8.39. The second kappa shape index (κ2) is 7.45. The third kappa shape index (κ3) is 3.74. The third-order valence-electron chi connectivity index (χ3n) is 4.61. The van der Waals surface area contributed by atoms with Crippen molar-refractivity contribution in [3.8, 4) is 5.69 Å². The zero-order valence-corrected chi connectivity index (χ0v) is 14.7. The number of carbonyl (C=O) groups excluding carboxylic acids is 2. The van der Waals surface area contributed by atoms with E-state index in [0.717, 1.165) is 12.1 Å². The van der Waals surface area contributed by atoms with E-state index >= 15 is 0 Å². The predicted molar refractivity (Wildman–Crippen MR) is 99.2 cm³/mol. The number of amides is 2. The first-order valence-electron chi connectivity index (χ1n) is 8.88. The Morgan fingerprint density at radius 1 is 1.11 bits per heavy atom. The van der Waals surface area contributed by atoms with Crippen molar-refractivity contribution in [2.24, 2.45) is 0 Å². The Balaban J connectivity index is 1.44. The monoisotopic (exact) mass is 364 g/mol. The highest BCUT2D eigenvalue weighted by molar-refractivity contribution is 5.97. The molecule has 8 nitrogen and oxygen atoms in total. The number of likely N-dealkylation sites (tertiary alicyclic amines) is 1. The van der Waals surface area contributed by atoms with E-state index in [1.54, 1.807) is 38.9 Å². The quantitative estimate of drug-likeness (QED) is 0.747. The first kappa shape index (κ1) is 17.0. The molecule has 1 atom stereocenters. The fraction of sp³-hybridized carbons (Fsp3) is 0.263. The van der Waals surface area contributed by atoms with Gasteiger partial charge in [-0.3, -0.25) is 14.3 Å². The van der Waals surface area contributed by atoms with Gasteiger partial charge >= 0.3 is 0 Å². The van der Waals surface area contributed by atoms with Crippen LogP contribution in [0.15, 0.2) is 61.2 Å². The standard InChI is InChI=1S/C19H20N6O2/c26-18(14-23-10-3-8-20-23)24-11-2-7-17(24)19(27)22-15-5-1-6-16(13-15)25-12-4-9-21-25/h1,3-6,8-10,12-13,17H,2,7,11,14H2,(H,22,27). The summed E-state index contributed by atoms with van der Waals surface area (Å²) in [5, 5.41) is 11.2. The lowest BCUT2D eigenvalue weighted by Crippen LogP contribution is -2.44. The van der Waals surface area contributed by atoms with E-state index in [1.807, 2.05) is 36.5 Å². The van der Waals surface area contributed by atoms with Gasteiger partial charge in [0.25, 0.3) is 0 Å². The van der Waals surface area contributed by atoms with E-state index in [9.17, 15) is 9.59 Å². The van der Waals surface area contributed by atoms with Crippen molar-refractivity contribution in [3.05, 3.63) is 61.2 Å². The highest BCUT2D eigenvalue weighted by Crippen LogP contribution is 2.21. The van der Waals surface area contributed by atoms with Crippen LogP contribution in [0.4, 0.5) is 5.69 Å². The van der Waals surface area contributed by atoms with Gasteiger partial charge in [-0.05, 0) is 43.2 Å². The maximum Gasteiger partial charge on any atom is 0.247 e. The molecule has 3 heterocycles. The molecule has 2 aromatic heterocycles. The van der Waals surface area contributed by atoms with Gasteiger partial charge in [0.15, 0.2) is 0 Å². The largest absolute Gasteiger partial charge is 0.329 e. The van der Waals surface area contributed by atoms with Gasteiger partial charge in [0.2, 0.25) is 11.8 Å². The second-order valence-corrected chi connectivity index (χ2v) is 6.44. The lowest BCUT2D eigenvalue weighted by atomic mass is 10.2. The second-order valence-electron chi connectivity index (χ2n) is 6.44. The molecule has 1 unspecified atom stereocenters. The fourth-order valence-electron chi connectivity index (χ4n) is 3.33. The molecule has 0 aliphatic carbocycles. The highest BCUT2D eigenvalue weighted by Gasteiger charge is 2.34. The molecule has 1 aliphatic rings. The van der Waals surface area contributed by atoms with Crippen molar-refractivity contribution >= 4 is 17.5 Å². The number of aromatic nitrogens is 4. The van der Waals surface area contributed by atoms with Crippen LogP contribution >= 0.6 is 0 Å². The Morgan fingerprint density at radius 2 is 1.96 bits per heavy atom. The van der Waals surface area contributed by atoms with Crippen molar-refractivity contribution in [1.29, 1.82) is 0 Å². The molecule has 0 spiro atoms. The van der Waals surface area contributed by atoms with Crippen LogP contribution in [0.1, 0.15) is 12.8 Å². The molecule has 3 aromatic rings. The van der Waals surface area contributed by atoms with Crippen molar-refractivity contribution in [3.63, 3.8) is 0 Å². The van der Waals surface area contributed by atoms with Crippen molar-refractivity contribution in [2.75, 3.05) is 11.9 Å². The number of carbonyl (C=O) groups is 2. The lowest BCUT2D eigenvalue weighted by molar-refractivity contribution is -0.137. The number of rotatable bonds is 5. The summed E-state index contributed by atoms with van der Waals surface area (Å²) in [6, 6.07) is 10.6. The molecule has 0 bridgehead atoms. The molecule has 1 aliphatic heterocycles. The summed E-state index contributed by atoms with van der Waals surface area (Å²) in [6.45, 7) is 0.733. The van der Waals surface area contributed by atoms with E-state index in [1.165, 1.54) is 0 Å². The molecular weight excluding hydrogens is 344 g/mol. The van der Waals surface area contributed by atoms with Gasteiger partial charge in [0, 0.05) is 37.0 Å². The zero-order valence-electron chi connectivity index (χ0n) is 14.7. The summed E-state index contributed by atoms with van der Waals surface area (Å²) < 4.78 is 3.30. The number of benzene rings is 1. The van der Waals surface area contributed by atoms with Gasteiger partial charge in [-0.2, -0.15) is 10.2 Å². The van der Waals surface area contributed by atoms with Gasteiger partial charge in [-0.15, -0.1) is 0 Å². The Kier molecular flexibility index (Phi) is 4.69. The predicted octanol–water partition coefficient (Wildman–Crippen LogP) is 1.70. The fourth-order valence-corrected chi connectivity index (χ4v) is 3.33. The molecule has 1 aromatic carbocycles. The third-order valence-corrected chi connectivity index (χ3v) is 4.61. The van der Waals surface area contributed by atoms with Crippen LogP contribution in [0.5, 0.6) is 0 Å². The number of anilines is 1. The van der Waals surface area contributed by atoms with Gasteiger partial charge in [-0.1, -0.05) is 6.07 Å². The SMILES string of the molecule is O=C(Nc1cccc(-n2cccn2)c1)C1CCCN1C(=O)Cn1cccn1. The summed E-state index contributed by atoms with van der Waals surface area (Å²) in [7, 11) is 0. The lowest BCUT2D eigenvalue weighted by Gasteiger charge is -2.24. The molecule has 1 fully saturated rings. The summed E-state index contributed by atoms with van der Waals surface area (Å²) in [5.41, 5.74) is 1.54. The first-order valence-corrected chi connectivity index (χ1v) is 8.88. The molecule has 8 heteroatoms. The van der Waals surface area contributed by atoms with Crippen molar-refractivity contribution < 1.29 is 9.59 Å². The van der Waals surface area contributed by atoms with Crippen LogP contribution in [-0.2, 0) is 16.1 Å². The maximum absolute atomic E-state index is 12.8. The van der Waals surface area contributed by atoms with E-state index in [4.69, 9.17) is 0 Å². The Morgan fingerprint density at radius 3 is 2.74 bits per heavy atom. The molecule has 1 N–H and O–H groups in total. The first-order chi connectivity index (χ1) is 13.2. The van der Waals surface area contributed by atoms with Gasteiger partial charge < -0.3 is 10.2 Å². The van der Waals surface area contributed by atoms with Crippen LogP contribution < -0.4 is 5.32 Å². The molecule has 27 heavy (non-hydrogen) atoms. The van der Waals surface area contributed by atoms with E-state index < -0.39 is 6.04 Å². The summed E-state index contributed by atoms with van der Waals surface area (Å²) in [5.74, 6) is -0.263. The van der Waals surface area contributed by atoms with Crippen LogP contribution in [-0.4, -0.2) is 48.9 Å². The minimum absolute atomic E-state index is 0.0957. The number of hydrogen-bond donors (Lipinski definition) is 1. The topological polar surface area (TPSA) is 85.0 Å².